The summed E-state index contributed by atoms with van der Waals surface area (Å²) in [6, 6.07) is 24.8. The number of nitriles is 1. The van der Waals surface area contributed by atoms with Crippen LogP contribution in [0.5, 0.6) is 5.75 Å². The number of hydrogen-bond donors (Lipinski definition) is 2. The van der Waals surface area contributed by atoms with Gasteiger partial charge in [-0.3, -0.25) is 4.79 Å². The molecular formula is C40H47FN2O3. The molecule has 0 bridgehead atoms. The molecule has 0 aliphatic heterocycles. The summed E-state index contributed by atoms with van der Waals surface area (Å²) in [5.74, 6) is 0.853. The number of carbonyl (C=O) groups excluding carboxylic acids is 1. The van der Waals surface area contributed by atoms with E-state index < -0.39 is 12.3 Å². The van der Waals surface area contributed by atoms with Gasteiger partial charge in [0.05, 0.1) is 17.7 Å². The van der Waals surface area contributed by atoms with Gasteiger partial charge in [0.15, 0.2) is 0 Å². The van der Waals surface area contributed by atoms with Gasteiger partial charge in [-0.2, -0.15) is 5.26 Å². The Morgan fingerprint density at radius 3 is 2.52 bits per heavy atom. The Kier molecular flexibility index (Phi) is 9.80. The number of aryl methyl sites for hydroxylation is 1. The maximum absolute atomic E-state index is 16.1. The van der Waals surface area contributed by atoms with Crippen molar-refractivity contribution in [3.63, 3.8) is 0 Å². The van der Waals surface area contributed by atoms with Crippen LogP contribution < -0.4 is 0 Å². The number of hydrogen-bond acceptors (Lipinski definition) is 4. The minimum atomic E-state index is -0.997. The van der Waals surface area contributed by atoms with Crippen LogP contribution in [0.15, 0.2) is 72.8 Å². The molecule has 3 aromatic rings. The number of fused-ring (bicyclic) bond motifs is 5. The third-order valence-electron chi connectivity index (χ3n) is 11.6. The summed E-state index contributed by atoms with van der Waals surface area (Å²) in [4.78, 5) is 15.5. The van der Waals surface area contributed by atoms with Crippen molar-refractivity contribution < 1.29 is 19.4 Å². The van der Waals surface area contributed by atoms with Gasteiger partial charge in [-0.1, -0.05) is 56.2 Å². The fourth-order valence-electron chi connectivity index (χ4n) is 9.22. The molecule has 6 rings (SSSR count). The van der Waals surface area contributed by atoms with Crippen molar-refractivity contribution in [3.05, 3.63) is 101 Å². The van der Waals surface area contributed by atoms with E-state index in [0.717, 1.165) is 68.9 Å². The summed E-state index contributed by atoms with van der Waals surface area (Å²) >= 11 is 0. The van der Waals surface area contributed by atoms with Crippen molar-refractivity contribution >= 4 is 5.91 Å². The average Bonchev–Trinajstić information content (AvgIpc) is 3.36. The molecule has 0 aromatic heterocycles. The normalized spacial score (nSPS) is 28.0. The van der Waals surface area contributed by atoms with E-state index in [-0.39, 0.29) is 28.9 Å². The molecule has 0 spiro atoms. The first-order chi connectivity index (χ1) is 22.3. The predicted octanol–water partition coefficient (Wildman–Crippen LogP) is 7.99. The molecule has 242 valence electrons. The smallest absolute Gasteiger partial charge is 0.253 e. The zero-order valence-corrected chi connectivity index (χ0v) is 27.0. The van der Waals surface area contributed by atoms with Crippen molar-refractivity contribution in [2.45, 2.75) is 89.3 Å². The van der Waals surface area contributed by atoms with Crippen LogP contribution in [0.3, 0.4) is 0 Å². The van der Waals surface area contributed by atoms with Crippen LogP contribution in [0.25, 0.3) is 0 Å². The number of halogens is 1. The Labute approximate surface area is 273 Å². The van der Waals surface area contributed by atoms with Crippen LogP contribution >= 0.6 is 0 Å². The summed E-state index contributed by atoms with van der Waals surface area (Å²) < 4.78 is 16.1. The van der Waals surface area contributed by atoms with Crippen LogP contribution in [-0.2, 0) is 12.8 Å². The Balaban J connectivity index is 1.11. The highest BCUT2D eigenvalue weighted by atomic mass is 19.1. The van der Waals surface area contributed by atoms with Gasteiger partial charge >= 0.3 is 0 Å². The van der Waals surface area contributed by atoms with Gasteiger partial charge in [-0.15, -0.1) is 0 Å². The quantitative estimate of drug-likeness (QED) is 0.212. The second-order valence-corrected chi connectivity index (χ2v) is 14.3. The Bertz CT molecular complexity index is 1540. The first-order valence-corrected chi connectivity index (χ1v) is 17.3. The number of nitrogens with zero attached hydrogens (tertiary/aromatic N) is 2. The lowest BCUT2D eigenvalue weighted by molar-refractivity contribution is -0.0722. The van der Waals surface area contributed by atoms with Gasteiger partial charge in [0.2, 0.25) is 0 Å². The second-order valence-electron chi connectivity index (χ2n) is 14.3. The largest absolute Gasteiger partial charge is 0.508 e. The van der Waals surface area contributed by atoms with Gasteiger partial charge in [0.1, 0.15) is 11.9 Å². The monoisotopic (exact) mass is 622 g/mol. The lowest BCUT2D eigenvalue weighted by Gasteiger charge is -2.54. The molecule has 0 radical (unpaired) electrons. The van der Waals surface area contributed by atoms with Crippen LogP contribution in [0.1, 0.15) is 96.8 Å². The molecule has 2 fully saturated rings. The molecule has 3 aliphatic carbocycles. The van der Waals surface area contributed by atoms with Gasteiger partial charge < -0.3 is 15.1 Å². The van der Waals surface area contributed by atoms with E-state index >= 15 is 4.39 Å². The summed E-state index contributed by atoms with van der Waals surface area (Å²) in [5.41, 5.74) is 4.17. The highest BCUT2D eigenvalue weighted by Gasteiger charge is 2.59. The number of benzene rings is 3. The van der Waals surface area contributed by atoms with Crippen LogP contribution in [0.4, 0.5) is 4.39 Å². The maximum atomic E-state index is 16.1. The minimum absolute atomic E-state index is 0.000594. The number of carbonyl (C=O) groups is 1. The third-order valence-corrected chi connectivity index (χ3v) is 11.6. The maximum Gasteiger partial charge on any atom is 0.253 e. The molecule has 2 saturated carbocycles. The summed E-state index contributed by atoms with van der Waals surface area (Å²) in [6.45, 7) is 3.44. The van der Waals surface area contributed by atoms with Crippen LogP contribution in [0.2, 0.25) is 0 Å². The fraction of sp³-hybridized carbons (Fsp3) is 0.500. The van der Waals surface area contributed by atoms with Gasteiger partial charge in [0.25, 0.3) is 5.91 Å². The van der Waals surface area contributed by atoms with E-state index in [2.05, 4.69) is 25.1 Å². The van der Waals surface area contributed by atoms with E-state index in [1.165, 1.54) is 5.56 Å². The number of unbranched alkanes of at least 4 members (excludes halogenated alkanes) is 2. The number of alkyl halides is 1. The number of aliphatic hydroxyl groups excluding tert-OH is 1. The third kappa shape index (κ3) is 6.58. The predicted molar refractivity (Wildman–Crippen MR) is 178 cm³/mol. The standard InChI is InChI=1S/C40H47FN2O3/c1-40-25-35(41)38-33-18-17-32(44)24-31(33)23-30(37(38)34(40)19-20-36(40)45)12-6-3-7-21-43(22-8-11-27-9-4-2-5-10-27)39(46)29-15-13-28(26-42)14-16-29/h2,4-5,9-10,13-18,24,30,34-38,44-45H,3,6-8,11-12,19-23,25H2,1H3/t30?,34?,35?,36?,37?,38?,40-/m0/s1. The number of aliphatic hydroxyl groups is 1. The van der Waals surface area contributed by atoms with Crippen molar-refractivity contribution in [1.29, 1.82) is 5.26 Å². The molecule has 46 heavy (non-hydrogen) atoms. The number of phenols is 1. The van der Waals surface area contributed by atoms with E-state index in [9.17, 15) is 20.3 Å². The molecular weight excluding hydrogens is 575 g/mol. The molecule has 1 amide bonds. The first kappa shape index (κ1) is 32.3. The zero-order chi connectivity index (χ0) is 32.3. The molecule has 2 N–H and O–H groups in total. The molecule has 0 saturated heterocycles. The Hall–Kier alpha value is -3.69. The number of amides is 1. The first-order valence-electron chi connectivity index (χ1n) is 17.3. The molecule has 3 aliphatic rings. The van der Waals surface area contributed by atoms with Gasteiger partial charge in [0, 0.05) is 24.6 Å². The zero-order valence-electron chi connectivity index (χ0n) is 27.0. The lowest BCUT2D eigenvalue weighted by Crippen LogP contribution is -2.51. The van der Waals surface area contributed by atoms with E-state index in [4.69, 9.17) is 0 Å². The van der Waals surface area contributed by atoms with Crippen LogP contribution in [0, 0.1) is 34.5 Å². The number of aromatic hydroxyl groups is 1. The van der Waals surface area contributed by atoms with E-state index in [0.29, 0.717) is 42.5 Å². The van der Waals surface area contributed by atoms with Crippen molar-refractivity contribution in [2.24, 2.45) is 23.2 Å². The van der Waals surface area contributed by atoms with Gasteiger partial charge in [-0.05, 0) is 128 Å². The Morgan fingerprint density at radius 1 is 1.00 bits per heavy atom. The van der Waals surface area contributed by atoms with Crippen LogP contribution in [-0.4, -0.2) is 46.4 Å². The average molecular weight is 623 g/mol. The highest BCUT2D eigenvalue weighted by molar-refractivity contribution is 5.94. The molecule has 0 heterocycles. The molecule has 6 unspecified atom stereocenters. The topological polar surface area (TPSA) is 84.6 Å². The summed E-state index contributed by atoms with van der Waals surface area (Å²) in [7, 11) is 0. The van der Waals surface area contributed by atoms with Crippen molar-refractivity contribution in [1.82, 2.24) is 4.90 Å². The number of rotatable bonds is 11. The summed E-state index contributed by atoms with van der Waals surface area (Å²) in [6.07, 6.45) is 7.11. The lowest BCUT2D eigenvalue weighted by atomic mass is 9.51. The van der Waals surface area contributed by atoms with E-state index in [1.807, 2.05) is 35.2 Å². The molecule has 5 nitrogen and oxygen atoms in total. The number of phenolic OH excluding ortho intramolecular Hbond substituents is 1. The Morgan fingerprint density at radius 2 is 1.76 bits per heavy atom. The van der Waals surface area contributed by atoms with Crippen molar-refractivity contribution in [3.8, 4) is 11.8 Å². The fourth-order valence-corrected chi connectivity index (χ4v) is 9.22. The van der Waals surface area contributed by atoms with Gasteiger partial charge in [-0.25, -0.2) is 4.39 Å². The molecule has 7 atom stereocenters. The molecule has 6 heteroatoms. The minimum Gasteiger partial charge on any atom is -0.508 e. The molecule has 3 aromatic carbocycles. The van der Waals surface area contributed by atoms with Crippen molar-refractivity contribution in [2.75, 3.05) is 13.1 Å². The SMILES string of the molecule is C[C@]12CC(F)C3c4ccc(O)cc4CC(CCCCCN(CCCc4ccccc4)C(=O)c4ccc(C#N)cc4)C3C1CCC2O. The summed E-state index contributed by atoms with van der Waals surface area (Å²) in [5, 5.41) is 30.4. The second kappa shape index (κ2) is 14.0. The van der Waals surface area contributed by atoms with E-state index in [1.54, 1.807) is 30.3 Å². The highest BCUT2D eigenvalue weighted by Crippen LogP contribution is 2.63.